The Kier molecular flexibility index (Phi) is 7.26. The molecule has 6 heteroatoms. The fourth-order valence-electron chi connectivity index (χ4n) is 3.14. The molecule has 1 saturated heterocycles. The fourth-order valence-corrected chi connectivity index (χ4v) is 3.27. The van der Waals surface area contributed by atoms with Crippen LogP contribution in [0.5, 0.6) is 0 Å². The van der Waals surface area contributed by atoms with Gasteiger partial charge >= 0.3 is 0 Å². The van der Waals surface area contributed by atoms with Crippen LogP contribution in [-0.2, 0) is 4.79 Å². The van der Waals surface area contributed by atoms with E-state index in [9.17, 15) is 9.59 Å². The Morgan fingerprint density at radius 1 is 1.20 bits per heavy atom. The SMILES string of the molecule is CNC1CCN(C(=O)C(CC(C)C)NC(=O)c2ccc(Cl)cc2)CC1. The van der Waals surface area contributed by atoms with Gasteiger partial charge in [-0.05, 0) is 56.5 Å². The highest BCUT2D eigenvalue weighted by Gasteiger charge is 2.29. The van der Waals surface area contributed by atoms with Crippen LogP contribution in [0.1, 0.15) is 43.5 Å². The lowest BCUT2D eigenvalue weighted by Gasteiger charge is -2.34. The molecule has 1 atom stereocenters. The molecule has 1 aliphatic rings. The Balaban J connectivity index is 2.03. The normalized spacial score (nSPS) is 16.8. The van der Waals surface area contributed by atoms with Crippen molar-refractivity contribution in [2.24, 2.45) is 5.92 Å². The van der Waals surface area contributed by atoms with E-state index in [0.717, 1.165) is 25.9 Å². The molecule has 0 saturated carbocycles. The maximum absolute atomic E-state index is 12.9. The molecule has 0 radical (unpaired) electrons. The summed E-state index contributed by atoms with van der Waals surface area (Å²) in [6, 6.07) is 6.68. The highest BCUT2D eigenvalue weighted by atomic mass is 35.5. The van der Waals surface area contributed by atoms with E-state index >= 15 is 0 Å². The van der Waals surface area contributed by atoms with Gasteiger partial charge in [0, 0.05) is 29.7 Å². The molecule has 138 valence electrons. The zero-order valence-corrected chi connectivity index (χ0v) is 16.0. The van der Waals surface area contributed by atoms with Crippen LogP contribution >= 0.6 is 11.6 Å². The van der Waals surface area contributed by atoms with Crippen LogP contribution in [0.3, 0.4) is 0 Å². The third kappa shape index (κ3) is 5.72. The largest absolute Gasteiger partial charge is 0.341 e. The first-order chi connectivity index (χ1) is 11.9. The Labute approximate surface area is 155 Å². The summed E-state index contributed by atoms with van der Waals surface area (Å²) in [5, 5.41) is 6.76. The highest BCUT2D eigenvalue weighted by molar-refractivity contribution is 6.30. The lowest BCUT2D eigenvalue weighted by molar-refractivity contribution is -0.134. The summed E-state index contributed by atoms with van der Waals surface area (Å²) < 4.78 is 0. The second-order valence-corrected chi connectivity index (χ2v) is 7.49. The van der Waals surface area contributed by atoms with Crippen LogP contribution in [0.25, 0.3) is 0 Å². The van der Waals surface area contributed by atoms with Gasteiger partial charge in [0.15, 0.2) is 0 Å². The van der Waals surface area contributed by atoms with E-state index in [1.165, 1.54) is 0 Å². The number of carbonyl (C=O) groups is 2. The molecule has 2 rings (SSSR count). The molecular weight excluding hydrogens is 338 g/mol. The Morgan fingerprint density at radius 3 is 2.32 bits per heavy atom. The van der Waals surface area contributed by atoms with E-state index < -0.39 is 6.04 Å². The zero-order chi connectivity index (χ0) is 18.4. The van der Waals surface area contributed by atoms with Crippen LogP contribution < -0.4 is 10.6 Å². The van der Waals surface area contributed by atoms with E-state index in [-0.39, 0.29) is 11.8 Å². The number of piperidine rings is 1. The van der Waals surface area contributed by atoms with Crippen LogP contribution in [0.2, 0.25) is 5.02 Å². The number of hydrogen-bond donors (Lipinski definition) is 2. The van der Waals surface area contributed by atoms with Gasteiger partial charge in [0.1, 0.15) is 6.04 Å². The number of rotatable bonds is 6. The standard InChI is InChI=1S/C19H28ClN3O2/c1-13(2)12-17(19(25)23-10-8-16(21-3)9-11-23)22-18(24)14-4-6-15(20)7-5-14/h4-7,13,16-17,21H,8-12H2,1-3H3,(H,22,24). The summed E-state index contributed by atoms with van der Waals surface area (Å²) in [5.41, 5.74) is 0.514. The first-order valence-electron chi connectivity index (χ1n) is 8.93. The molecular formula is C19H28ClN3O2. The lowest BCUT2D eigenvalue weighted by Crippen LogP contribution is -2.52. The molecule has 1 heterocycles. The van der Waals surface area contributed by atoms with Gasteiger partial charge in [0.05, 0.1) is 0 Å². The third-order valence-electron chi connectivity index (χ3n) is 4.63. The van der Waals surface area contributed by atoms with Crippen molar-refractivity contribution in [3.05, 3.63) is 34.9 Å². The third-order valence-corrected chi connectivity index (χ3v) is 4.88. The van der Waals surface area contributed by atoms with E-state index in [4.69, 9.17) is 11.6 Å². The predicted octanol–water partition coefficient (Wildman–Crippen LogP) is 2.69. The van der Waals surface area contributed by atoms with Gasteiger partial charge in [-0.3, -0.25) is 9.59 Å². The second-order valence-electron chi connectivity index (χ2n) is 7.05. The van der Waals surface area contributed by atoms with Crippen LogP contribution in [-0.4, -0.2) is 48.9 Å². The molecule has 1 aromatic carbocycles. The monoisotopic (exact) mass is 365 g/mol. The highest BCUT2D eigenvalue weighted by Crippen LogP contribution is 2.15. The zero-order valence-electron chi connectivity index (χ0n) is 15.2. The number of nitrogens with zero attached hydrogens (tertiary/aromatic N) is 1. The summed E-state index contributed by atoms with van der Waals surface area (Å²) in [5.74, 6) is 0.0978. The minimum atomic E-state index is -0.491. The van der Waals surface area contributed by atoms with Crippen LogP contribution in [0.15, 0.2) is 24.3 Å². The number of benzene rings is 1. The molecule has 2 N–H and O–H groups in total. The quantitative estimate of drug-likeness (QED) is 0.814. The van der Waals surface area contributed by atoms with Gasteiger partial charge in [-0.1, -0.05) is 25.4 Å². The molecule has 1 fully saturated rings. The molecule has 0 bridgehead atoms. The summed E-state index contributed by atoms with van der Waals surface area (Å²) in [6.45, 7) is 5.58. The molecule has 1 aliphatic heterocycles. The van der Waals surface area contributed by atoms with Gasteiger partial charge in [-0.15, -0.1) is 0 Å². The lowest BCUT2D eigenvalue weighted by atomic mass is 9.99. The van der Waals surface area contributed by atoms with Crippen molar-refractivity contribution in [1.82, 2.24) is 15.5 Å². The van der Waals surface area contributed by atoms with Crippen molar-refractivity contribution < 1.29 is 9.59 Å². The molecule has 2 amide bonds. The predicted molar refractivity (Wildman–Crippen MR) is 101 cm³/mol. The van der Waals surface area contributed by atoms with Crippen LogP contribution in [0.4, 0.5) is 0 Å². The number of halogens is 1. The van der Waals surface area contributed by atoms with Gasteiger partial charge < -0.3 is 15.5 Å². The molecule has 0 aromatic heterocycles. The topological polar surface area (TPSA) is 61.4 Å². The maximum atomic E-state index is 12.9. The minimum absolute atomic E-state index is 0.0190. The first kappa shape index (κ1) is 19.7. The minimum Gasteiger partial charge on any atom is -0.341 e. The Hall–Kier alpha value is -1.59. The van der Waals surface area contributed by atoms with Gasteiger partial charge in [0.2, 0.25) is 5.91 Å². The molecule has 25 heavy (non-hydrogen) atoms. The summed E-state index contributed by atoms with van der Waals surface area (Å²) in [4.78, 5) is 27.3. The first-order valence-corrected chi connectivity index (χ1v) is 9.31. The summed E-state index contributed by atoms with van der Waals surface area (Å²) in [6.07, 6.45) is 2.52. The second kappa shape index (κ2) is 9.20. The number of likely N-dealkylation sites (tertiary alicyclic amines) is 1. The van der Waals surface area contributed by atoms with Gasteiger partial charge in [-0.2, -0.15) is 0 Å². The van der Waals surface area contributed by atoms with E-state index in [1.54, 1.807) is 24.3 Å². The number of nitrogens with one attached hydrogen (secondary N) is 2. The average molecular weight is 366 g/mol. The molecule has 1 aromatic rings. The van der Waals surface area contributed by atoms with E-state index in [1.807, 2.05) is 11.9 Å². The molecule has 5 nitrogen and oxygen atoms in total. The molecule has 0 spiro atoms. The Bertz CT molecular complexity index is 581. The van der Waals surface area contributed by atoms with E-state index in [2.05, 4.69) is 24.5 Å². The van der Waals surface area contributed by atoms with E-state index in [0.29, 0.717) is 29.0 Å². The van der Waals surface area contributed by atoms with Crippen molar-refractivity contribution >= 4 is 23.4 Å². The molecule has 1 unspecified atom stereocenters. The van der Waals surface area contributed by atoms with Crippen molar-refractivity contribution in [2.45, 2.75) is 45.2 Å². The van der Waals surface area contributed by atoms with Crippen molar-refractivity contribution in [2.75, 3.05) is 20.1 Å². The maximum Gasteiger partial charge on any atom is 0.251 e. The van der Waals surface area contributed by atoms with Crippen LogP contribution in [0, 0.1) is 5.92 Å². The van der Waals surface area contributed by atoms with Crippen molar-refractivity contribution in [1.29, 1.82) is 0 Å². The van der Waals surface area contributed by atoms with Gasteiger partial charge in [0.25, 0.3) is 5.91 Å². The average Bonchev–Trinajstić information content (AvgIpc) is 2.60. The van der Waals surface area contributed by atoms with Gasteiger partial charge in [-0.25, -0.2) is 0 Å². The Morgan fingerprint density at radius 2 is 1.80 bits per heavy atom. The summed E-state index contributed by atoms with van der Waals surface area (Å²) >= 11 is 5.87. The smallest absolute Gasteiger partial charge is 0.251 e. The molecule has 0 aliphatic carbocycles. The number of carbonyl (C=O) groups excluding carboxylic acids is 2. The fraction of sp³-hybridized carbons (Fsp3) is 0.579. The summed E-state index contributed by atoms with van der Waals surface area (Å²) in [7, 11) is 1.95. The number of hydrogen-bond acceptors (Lipinski definition) is 3. The van der Waals surface area contributed by atoms with Crippen molar-refractivity contribution in [3.63, 3.8) is 0 Å². The number of amides is 2. The van der Waals surface area contributed by atoms with Crippen molar-refractivity contribution in [3.8, 4) is 0 Å².